The van der Waals surface area contributed by atoms with E-state index in [-0.39, 0.29) is 12.2 Å². The van der Waals surface area contributed by atoms with Gasteiger partial charge < -0.3 is 4.42 Å². The third-order valence-corrected chi connectivity index (χ3v) is 2.42. The van der Waals surface area contributed by atoms with Crippen molar-refractivity contribution in [2.75, 3.05) is 0 Å². The topological polar surface area (TPSA) is 56.0 Å². The zero-order valence-electron chi connectivity index (χ0n) is 7.56. The van der Waals surface area contributed by atoms with E-state index in [0.29, 0.717) is 17.0 Å². The van der Waals surface area contributed by atoms with Gasteiger partial charge in [0, 0.05) is 0 Å². The maximum atomic E-state index is 11.7. The molecule has 4 nitrogen and oxygen atoms in total. The van der Waals surface area contributed by atoms with Crippen LogP contribution in [0.4, 0.5) is 0 Å². The molecule has 0 aromatic carbocycles. The third-order valence-electron chi connectivity index (χ3n) is 1.91. The third kappa shape index (κ3) is 1.72. The van der Waals surface area contributed by atoms with Crippen LogP contribution in [0, 0.1) is 6.92 Å². The van der Waals surface area contributed by atoms with E-state index in [1.807, 2.05) is 0 Å². The summed E-state index contributed by atoms with van der Waals surface area (Å²) in [7, 11) is 0. The van der Waals surface area contributed by atoms with Crippen LogP contribution in [0.5, 0.6) is 0 Å². The van der Waals surface area contributed by atoms with Crippen LogP contribution in [0.15, 0.2) is 22.9 Å². The van der Waals surface area contributed by atoms with Crippen molar-refractivity contribution in [3.8, 4) is 0 Å². The molecule has 0 aliphatic carbocycles. The fraction of sp³-hybridized carbons (Fsp3) is 0.222. The predicted molar refractivity (Wildman–Crippen MR) is 51.4 cm³/mol. The first-order valence-electron chi connectivity index (χ1n) is 4.11. The molecule has 0 fully saturated rings. The molecule has 0 bridgehead atoms. The van der Waals surface area contributed by atoms with Gasteiger partial charge in [0.05, 0.1) is 41.9 Å². The van der Waals surface area contributed by atoms with E-state index in [4.69, 9.17) is 4.42 Å². The minimum atomic E-state index is 0.0175. The number of carbonyl (C=O) groups is 1. The van der Waals surface area contributed by atoms with Crippen molar-refractivity contribution in [3.63, 3.8) is 0 Å². The molecule has 0 aliphatic rings. The molecule has 2 heterocycles. The number of aromatic nitrogens is 2. The van der Waals surface area contributed by atoms with Gasteiger partial charge in [0.1, 0.15) is 5.76 Å². The van der Waals surface area contributed by atoms with Gasteiger partial charge in [0.2, 0.25) is 0 Å². The number of rotatable bonds is 3. The van der Waals surface area contributed by atoms with E-state index in [0.717, 1.165) is 11.7 Å². The lowest BCUT2D eigenvalue weighted by atomic mass is 10.1. The van der Waals surface area contributed by atoms with Gasteiger partial charge >= 0.3 is 0 Å². The van der Waals surface area contributed by atoms with Gasteiger partial charge in [0.25, 0.3) is 0 Å². The highest BCUT2D eigenvalue weighted by Crippen LogP contribution is 2.12. The number of carbonyl (C=O) groups excluding carboxylic acids is 1. The lowest BCUT2D eigenvalue weighted by molar-refractivity contribution is 0.0990. The van der Waals surface area contributed by atoms with Crippen LogP contribution in [0.3, 0.4) is 0 Å². The van der Waals surface area contributed by atoms with Crippen molar-refractivity contribution in [1.29, 1.82) is 0 Å². The molecule has 14 heavy (non-hydrogen) atoms. The first-order chi connectivity index (χ1) is 6.77. The first-order valence-corrected chi connectivity index (χ1v) is 4.84. The normalized spacial score (nSPS) is 10.4. The Morgan fingerprint density at radius 3 is 3.07 bits per heavy atom. The van der Waals surface area contributed by atoms with Crippen LogP contribution in [0.25, 0.3) is 0 Å². The molecule has 0 N–H and O–H groups in total. The summed E-state index contributed by atoms with van der Waals surface area (Å²) < 4.78 is 12.9. The zero-order chi connectivity index (χ0) is 9.97. The molecule has 0 spiro atoms. The summed E-state index contributed by atoms with van der Waals surface area (Å²) in [4.78, 5) is 11.7. The summed E-state index contributed by atoms with van der Waals surface area (Å²) in [6, 6.07) is 1.68. The summed E-state index contributed by atoms with van der Waals surface area (Å²) in [6.45, 7) is 1.77. The highest BCUT2D eigenvalue weighted by molar-refractivity contribution is 6.99. The van der Waals surface area contributed by atoms with E-state index in [9.17, 15) is 4.79 Å². The number of hydrogen-bond acceptors (Lipinski definition) is 5. The lowest BCUT2D eigenvalue weighted by Gasteiger charge is -1.94. The molecule has 0 atom stereocenters. The van der Waals surface area contributed by atoms with Crippen LogP contribution in [0.2, 0.25) is 0 Å². The Morgan fingerprint density at radius 2 is 2.50 bits per heavy atom. The number of ketones is 1. The highest BCUT2D eigenvalue weighted by atomic mass is 32.1. The molecular weight excluding hydrogens is 200 g/mol. The van der Waals surface area contributed by atoms with Crippen molar-refractivity contribution in [3.05, 3.63) is 35.5 Å². The smallest absolute Gasteiger partial charge is 0.172 e. The molecule has 72 valence electrons. The van der Waals surface area contributed by atoms with Gasteiger partial charge in [-0.25, -0.2) is 0 Å². The standard InChI is InChI=1S/C9H8N2O2S/c1-6-8(2-3-13-6)9(12)4-7-5-10-14-11-7/h2-3,5H,4H2,1H3. The van der Waals surface area contributed by atoms with Crippen LogP contribution in [-0.4, -0.2) is 14.5 Å². The Hall–Kier alpha value is -1.49. The fourth-order valence-electron chi connectivity index (χ4n) is 1.20. The van der Waals surface area contributed by atoms with E-state index in [2.05, 4.69) is 8.75 Å². The van der Waals surface area contributed by atoms with E-state index >= 15 is 0 Å². The van der Waals surface area contributed by atoms with Gasteiger partial charge in [-0.05, 0) is 13.0 Å². The van der Waals surface area contributed by atoms with Gasteiger partial charge in [-0.3, -0.25) is 4.79 Å². The monoisotopic (exact) mass is 208 g/mol. The Labute approximate surface area is 84.9 Å². The molecule has 2 aromatic heterocycles. The SMILES string of the molecule is Cc1occc1C(=O)Cc1cnsn1. The summed E-state index contributed by atoms with van der Waals surface area (Å²) in [5, 5.41) is 0. The summed E-state index contributed by atoms with van der Waals surface area (Å²) in [6.07, 6.45) is 3.41. The first kappa shape index (κ1) is 9.08. The average Bonchev–Trinajstić information content (AvgIpc) is 2.75. The van der Waals surface area contributed by atoms with Crippen molar-refractivity contribution in [2.45, 2.75) is 13.3 Å². The van der Waals surface area contributed by atoms with Crippen molar-refractivity contribution >= 4 is 17.5 Å². The maximum absolute atomic E-state index is 11.7. The maximum Gasteiger partial charge on any atom is 0.172 e. The molecule has 2 aromatic rings. The second kappa shape index (κ2) is 3.71. The predicted octanol–water partition coefficient (Wildman–Crippen LogP) is 1.86. The summed E-state index contributed by atoms with van der Waals surface area (Å²) in [5.74, 6) is 0.669. The summed E-state index contributed by atoms with van der Waals surface area (Å²) >= 11 is 1.11. The van der Waals surface area contributed by atoms with E-state index in [1.165, 1.54) is 6.26 Å². The van der Waals surface area contributed by atoms with Crippen LogP contribution < -0.4 is 0 Å². The number of furan rings is 1. The second-order valence-corrected chi connectivity index (χ2v) is 3.45. The fourth-order valence-corrected chi connectivity index (χ4v) is 1.63. The summed E-state index contributed by atoms with van der Waals surface area (Å²) in [5.41, 5.74) is 1.33. The van der Waals surface area contributed by atoms with Gasteiger partial charge in [-0.15, -0.1) is 0 Å². The van der Waals surface area contributed by atoms with E-state index in [1.54, 1.807) is 19.2 Å². The largest absolute Gasteiger partial charge is 0.469 e. The molecule has 2 rings (SSSR count). The van der Waals surface area contributed by atoms with Gasteiger partial charge in [-0.2, -0.15) is 8.75 Å². The quantitative estimate of drug-likeness (QED) is 0.722. The van der Waals surface area contributed by atoms with Crippen LogP contribution in [-0.2, 0) is 6.42 Å². The van der Waals surface area contributed by atoms with Crippen LogP contribution >= 0.6 is 11.7 Å². The molecule has 0 unspecified atom stereocenters. The lowest BCUT2D eigenvalue weighted by Crippen LogP contribution is -2.03. The van der Waals surface area contributed by atoms with Crippen LogP contribution in [0.1, 0.15) is 21.8 Å². The van der Waals surface area contributed by atoms with Crippen molar-refractivity contribution < 1.29 is 9.21 Å². The zero-order valence-corrected chi connectivity index (χ0v) is 8.37. The minimum Gasteiger partial charge on any atom is -0.469 e. The van der Waals surface area contributed by atoms with E-state index < -0.39 is 0 Å². The van der Waals surface area contributed by atoms with Crippen molar-refractivity contribution in [1.82, 2.24) is 8.75 Å². The second-order valence-electron chi connectivity index (χ2n) is 2.89. The molecule has 0 amide bonds. The highest BCUT2D eigenvalue weighted by Gasteiger charge is 2.13. The van der Waals surface area contributed by atoms with Gasteiger partial charge in [-0.1, -0.05) is 0 Å². The molecular formula is C9H8N2O2S. The Bertz CT molecular complexity index is 433. The molecule has 0 saturated heterocycles. The average molecular weight is 208 g/mol. The Morgan fingerprint density at radius 1 is 1.64 bits per heavy atom. The number of aryl methyl sites for hydroxylation is 1. The van der Waals surface area contributed by atoms with Crippen molar-refractivity contribution in [2.24, 2.45) is 0 Å². The number of Topliss-reactive ketones (excluding diaryl/α,β-unsaturated/α-hetero) is 1. The molecule has 0 aliphatic heterocycles. The Kier molecular flexibility index (Phi) is 2.41. The van der Waals surface area contributed by atoms with Gasteiger partial charge in [0.15, 0.2) is 5.78 Å². The number of hydrogen-bond donors (Lipinski definition) is 0. The number of nitrogens with zero attached hydrogens (tertiary/aromatic N) is 2. The minimum absolute atomic E-state index is 0.0175. The molecule has 5 heteroatoms. The molecule has 0 radical (unpaired) electrons. The Balaban J connectivity index is 2.14. The molecule has 0 saturated carbocycles.